The Balaban J connectivity index is 2.53. The SMILES string of the molecule is CCOP(=O)(CC(=O)N[C@H]1CCN[C@@H](C(=O)OC)C1)OCC. The molecule has 1 saturated heterocycles. The van der Waals surface area contributed by atoms with E-state index in [0.29, 0.717) is 19.4 Å². The number of carbonyl (C=O) groups is 2. The molecule has 2 N–H and O–H groups in total. The van der Waals surface area contributed by atoms with Gasteiger partial charge in [-0.2, -0.15) is 0 Å². The minimum Gasteiger partial charge on any atom is -0.468 e. The van der Waals surface area contributed by atoms with Gasteiger partial charge < -0.3 is 24.4 Å². The Kier molecular flexibility index (Phi) is 8.03. The normalized spacial score (nSPS) is 22.1. The highest BCUT2D eigenvalue weighted by Gasteiger charge is 2.31. The van der Waals surface area contributed by atoms with Crippen molar-refractivity contribution in [2.24, 2.45) is 0 Å². The van der Waals surface area contributed by atoms with Crippen LogP contribution in [0.4, 0.5) is 0 Å². The Morgan fingerprint density at radius 3 is 2.45 bits per heavy atom. The number of nitrogens with one attached hydrogen (secondary N) is 2. The first-order valence-corrected chi connectivity index (χ1v) is 9.15. The standard InChI is InChI=1S/C13H25N2O6P/c1-4-20-22(18,21-5-2)9-12(16)15-10-6-7-14-11(8-10)13(17)19-3/h10-11,14H,4-9H2,1-3H3,(H,15,16)/t10-,11+/m0/s1. The summed E-state index contributed by atoms with van der Waals surface area (Å²) in [5, 5.41) is 5.81. The van der Waals surface area contributed by atoms with Crippen LogP contribution in [0.1, 0.15) is 26.7 Å². The predicted octanol–water partition coefficient (Wildman–Crippen LogP) is 0.662. The number of esters is 1. The van der Waals surface area contributed by atoms with E-state index < -0.39 is 19.5 Å². The van der Waals surface area contributed by atoms with Crippen LogP contribution in [0.3, 0.4) is 0 Å². The van der Waals surface area contributed by atoms with Gasteiger partial charge in [0.1, 0.15) is 12.2 Å². The molecule has 0 bridgehead atoms. The van der Waals surface area contributed by atoms with Gasteiger partial charge in [-0.05, 0) is 33.2 Å². The zero-order valence-corrected chi connectivity index (χ0v) is 14.2. The Hall–Kier alpha value is -0.950. The van der Waals surface area contributed by atoms with Crippen molar-refractivity contribution in [2.75, 3.05) is 33.0 Å². The van der Waals surface area contributed by atoms with E-state index >= 15 is 0 Å². The lowest BCUT2D eigenvalue weighted by Gasteiger charge is -2.29. The number of amides is 1. The van der Waals surface area contributed by atoms with Crippen LogP contribution >= 0.6 is 7.60 Å². The van der Waals surface area contributed by atoms with Crippen molar-refractivity contribution >= 4 is 19.5 Å². The summed E-state index contributed by atoms with van der Waals surface area (Å²) in [6, 6.07) is -0.607. The molecule has 8 nitrogen and oxygen atoms in total. The summed E-state index contributed by atoms with van der Waals surface area (Å²) in [7, 11) is -2.08. The van der Waals surface area contributed by atoms with Gasteiger partial charge in [-0.25, -0.2) is 0 Å². The first kappa shape index (κ1) is 19.1. The fourth-order valence-electron chi connectivity index (χ4n) is 2.34. The number of piperidine rings is 1. The molecule has 0 radical (unpaired) electrons. The number of hydrogen-bond acceptors (Lipinski definition) is 7. The summed E-state index contributed by atoms with van der Waals surface area (Å²) in [5.41, 5.74) is 0. The van der Waals surface area contributed by atoms with Crippen LogP contribution in [-0.2, 0) is 27.9 Å². The minimum absolute atomic E-state index is 0.172. The maximum atomic E-state index is 12.3. The highest BCUT2D eigenvalue weighted by molar-refractivity contribution is 7.54. The van der Waals surface area contributed by atoms with E-state index in [-0.39, 0.29) is 31.4 Å². The van der Waals surface area contributed by atoms with Gasteiger partial charge in [-0.3, -0.25) is 14.2 Å². The zero-order chi connectivity index (χ0) is 16.6. The van der Waals surface area contributed by atoms with Gasteiger partial charge in [0.15, 0.2) is 0 Å². The molecule has 0 aromatic rings. The van der Waals surface area contributed by atoms with Crippen LogP contribution in [0.2, 0.25) is 0 Å². The second kappa shape index (κ2) is 9.25. The molecule has 22 heavy (non-hydrogen) atoms. The van der Waals surface area contributed by atoms with Crippen molar-refractivity contribution in [1.29, 1.82) is 0 Å². The molecule has 0 aromatic carbocycles. The van der Waals surface area contributed by atoms with Crippen LogP contribution < -0.4 is 10.6 Å². The molecule has 2 atom stereocenters. The maximum absolute atomic E-state index is 12.3. The van der Waals surface area contributed by atoms with E-state index in [1.54, 1.807) is 13.8 Å². The fraction of sp³-hybridized carbons (Fsp3) is 0.846. The third kappa shape index (κ3) is 6.04. The quantitative estimate of drug-likeness (QED) is 0.496. The number of carbonyl (C=O) groups excluding carboxylic acids is 2. The molecule has 0 spiro atoms. The molecule has 0 aromatic heterocycles. The summed E-state index contributed by atoms with van der Waals surface area (Å²) in [5.74, 6) is -0.756. The van der Waals surface area contributed by atoms with Crippen molar-refractivity contribution in [3.63, 3.8) is 0 Å². The van der Waals surface area contributed by atoms with E-state index in [1.807, 2.05) is 0 Å². The summed E-state index contributed by atoms with van der Waals surface area (Å²) >= 11 is 0. The molecule has 0 unspecified atom stereocenters. The third-order valence-electron chi connectivity index (χ3n) is 3.24. The average Bonchev–Trinajstić information content (AvgIpc) is 2.46. The summed E-state index contributed by atoms with van der Waals surface area (Å²) in [6.07, 6.45) is 0.806. The highest BCUT2D eigenvalue weighted by atomic mass is 31.2. The van der Waals surface area contributed by atoms with Gasteiger partial charge in [0.25, 0.3) is 0 Å². The molecule has 1 fully saturated rings. The predicted molar refractivity (Wildman–Crippen MR) is 80.7 cm³/mol. The molecule has 9 heteroatoms. The maximum Gasteiger partial charge on any atom is 0.340 e. The van der Waals surface area contributed by atoms with Crippen LogP contribution in [0.15, 0.2) is 0 Å². The van der Waals surface area contributed by atoms with E-state index in [2.05, 4.69) is 15.4 Å². The summed E-state index contributed by atoms with van der Waals surface area (Å²) in [6.45, 7) is 4.40. The van der Waals surface area contributed by atoms with E-state index in [4.69, 9.17) is 9.05 Å². The number of hydrogen-bond donors (Lipinski definition) is 2. The monoisotopic (exact) mass is 336 g/mol. The zero-order valence-electron chi connectivity index (χ0n) is 13.3. The average molecular weight is 336 g/mol. The third-order valence-corrected chi connectivity index (χ3v) is 5.22. The van der Waals surface area contributed by atoms with E-state index in [9.17, 15) is 14.2 Å². The number of ether oxygens (including phenoxy) is 1. The van der Waals surface area contributed by atoms with Gasteiger partial charge in [0, 0.05) is 6.04 Å². The van der Waals surface area contributed by atoms with Gasteiger partial charge >= 0.3 is 13.6 Å². The molecule has 0 aliphatic carbocycles. The Morgan fingerprint density at radius 1 is 1.27 bits per heavy atom. The van der Waals surface area contributed by atoms with Crippen LogP contribution in [0, 0.1) is 0 Å². The molecule has 128 valence electrons. The largest absolute Gasteiger partial charge is 0.468 e. The van der Waals surface area contributed by atoms with Gasteiger partial charge in [-0.1, -0.05) is 0 Å². The summed E-state index contributed by atoms with van der Waals surface area (Å²) in [4.78, 5) is 23.6. The van der Waals surface area contributed by atoms with Gasteiger partial charge in [-0.15, -0.1) is 0 Å². The first-order chi connectivity index (χ1) is 10.4. The lowest BCUT2D eigenvalue weighted by Crippen LogP contribution is -2.51. The number of rotatable bonds is 8. The first-order valence-electron chi connectivity index (χ1n) is 7.42. The van der Waals surface area contributed by atoms with E-state index in [1.165, 1.54) is 7.11 Å². The van der Waals surface area contributed by atoms with Crippen LogP contribution in [-0.4, -0.2) is 57.0 Å². The Morgan fingerprint density at radius 2 is 1.91 bits per heavy atom. The van der Waals surface area contributed by atoms with Gasteiger partial charge in [0.2, 0.25) is 5.91 Å². The topological polar surface area (TPSA) is 103 Å². The lowest BCUT2D eigenvalue weighted by molar-refractivity contribution is -0.144. The van der Waals surface area contributed by atoms with Gasteiger partial charge in [0.05, 0.1) is 20.3 Å². The van der Waals surface area contributed by atoms with Crippen LogP contribution in [0.25, 0.3) is 0 Å². The Bertz CT molecular complexity index is 421. The van der Waals surface area contributed by atoms with E-state index in [0.717, 1.165) is 0 Å². The van der Waals surface area contributed by atoms with Crippen molar-refractivity contribution in [3.8, 4) is 0 Å². The van der Waals surface area contributed by atoms with Crippen molar-refractivity contribution in [2.45, 2.75) is 38.8 Å². The molecule has 1 rings (SSSR count). The molecule has 1 amide bonds. The molecule has 1 aliphatic rings. The molecule has 0 saturated carbocycles. The molecular weight excluding hydrogens is 311 g/mol. The number of methoxy groups -OCH3 is 1. The Labute approximate surface area is 130 Å². The fourth-order valence-corrected chi connectivity index (χ4v) is 3.83. The molecule has 1 heterocycles. The van der Waals surface area contributed by atoms with Crippen LogP contribution in [0.5, 0.6) is 0 Å². The second-order valence-electron chi connectivity index (χ2n) is 4.92. The second-order valence-corrected chi connectivity index (χ2v) is 6.98. The minimum atomic E-state index is -3.40. The molecule has 1 aliphatic heterocycles. The van der Waals surface area contributed by atoms with Crippen molar-refractivity contribution in [1.82, 2.24) is 10.6 Å². The molecular formula is C13H25N2O6P. The van der Waals surface area contributed by atoms with Crippen molar-refractivity contribution < 1.29 is 27.9 Å². The smallest absolute Gasteiger partial charge is 0.340 e. The lowest BCUT2D eigenvalue weighted by atomic mass is 9.99. The summed E-state index contributed by atoms with van der Waals surface area (Å²) < 4.78 is 27.2. The highest BCUT2D eigenvalue weighted by Crippen LogP contribution is 2.47. The van der Waals surface area contributed by atoms with Crippen molar-refractivity contribution in [3.05, 3.63) is 0 Å².